The summed E-state index contributed by atoms with van der Waals surface area (Å²) in [5.41, 5.74) is 1.22. The topological polar surface area (TPSA) is 67.9 Å². The smallest absolute Gasteiger partial charge is 0.265 e. The van der Waals surface area contributed by atoms with Gasteiger partial charge in [0.15, 0.2) is 16.6 Å². The number of carbonyl (C=O) groups excluding carboxylic acids is 2. The number of hydrogen-bond acceptors (Lipinski definition) is 5. The lowest BCUT2D eigenvalue weighted by Gasteiger charge is -2.25. The summed E-state index contributed by atoms with van der Waals surface area (Å²) in [5.74, 6) is -0.516. The van der Waals surface area contributed by atoms with E-state index in [9.17, 15) is 14.0 Å². The number of rotatable bonds is 5. The first kappa shape index (κ1) is 19.5. The van der Waals surface area contributed by atoms with E-state index in [-0.39, 0.29) is 23.1 Å². The SMILES string of the molecule is COc1cc(/C=C2\C(=O)NC(=S)N(C)C2=O)ccc1OCc1cccc(F)c1. The Kier molecular flexibility index (Phi) is 5.70. The van der Waals surface area contributed by atoms with Crippen molar-refractivity contribution < 1.29 is 23.5 Å². The predicted molar refractivity (Wildman–Crippen MR) is 105 cm³/mol. The molecule has 0 bridgehead atoms. The van der Waals surface area contributed by atoms with Gasteiger partial charge in [-0.1, -0.05) is 18.2 Å². The summed E-state index contributed by atoms with van der Waals surface area (Å²) in [6.45, 7) is 0.164. The van der Waals surface area contributed by atoms with Crippen molar-refractivity contribution in [2.24, 2.45) is 0 Å². The number of benzene rings is 2. The van der Waals surface area contributed by atoms with Gasteiger partial charge in [-0.25, -0.2) is 4.39 Å². The Morgan fingerprint density at radius 3 is 2.68 bits per heavy atom. The molecule has 0 radical (unpaired) electrons. The first-order valence-corrected chi connectivity index (χ1v) is 8.70. The molecule has 0 aliphatic carbocycles. The molecule has 6 nitrogen and oxygen atoms in total. The molecule has 1 aliphatic rings. The van der Waals surface area contributed by atoms with Crippen LogP contribution in [0.4, 0.5) is 4.39 Å². The third kappa shape index (κ3) is 4.17. The van der Waals surface area contributed by atoms with Gasteiger partial charge in [-0.05, 0) is 53.7 Å². The Morgan fingerprint density at radius 2 is 1.96 bits per heavy atom. The number of hydrogen-bond donors (Lipinski definition) is 1. The Bertz CT molecular complexity index is 990. The summed E-state index contributed by atoms with van der Waals surface area (Å²) in [7, 11) is 2.97. The zero-order valence-corrected chi connectivity index (χ0v) is 16.0. The average molecular weight is 400 g/mol. The Morgan fingerprint density at radius 1 is 1.18 bits per heavy atom. The highest BCUT2D eigenvalue weighted by molar-refractivity contribution is 7.80. The van der Waals surface area contributed by atoms with Crippen LogP contribution in [0.3, 0.4) is 0 Å². The van der Waals surface area contributed by atoms with Crippen molar-refractivity contribution in [3.05, 3.63) is 65.0 Å². The second-order valence-corrected chi connectivity index (χ2v) is 6.40. The van der Waals surface area contributed by atoms with Crippen LogP contribution in [0.2, 0.25) is 0 Å². The normalized spacial score (nSPS) is 15.6. The van der Waals surface area contributed by atoms with Crippen molar-refractivity contribution >= 4 is 35.2 Å². The molecule has 2 aromatic rings. The summed E-state index contributed by atoms with van der Waals surface area (Å²) in [4.78, 5) is 25.5. The molecule has 3 rings (SSSR count). The monoisotopic (exact) mass is 400 g/mol. The summed E-state index contributed by atoms with van der Waals surface area (Å²) in [5, 5.41) is 2.52. The molecule has 0 atom stereocenters. The van der Waals surface area contributed by atoms with Crippen LogP contribution in [-0.2, 0) is 16.2 Å². The van der Waals surface area contributed by atoms with Gasteiger partial charge in [0.05, 0.1) is 7.11 Å². The fourth-order valence-electron chi connectivity index (χ4n) is 2.59. The third-order valence-electron chi connectivity index (χ3n) is 4.09. The maximum absolute atomic E-state index is 13.3. The lowest BCUT2D eigenvalue weighted by Crippen LogP contribution is -2.52. The Hall–Kier alpha value is -3.26. The lowest BCUT2D eigenvalue weighted by atomic mass is 10.1. The van der Waals surface area contributed by atoms with E-state index in [4.69, 9.17) is 21.7 Å². The minimum atomic E-state index is -0.557. The molecule has 0 saturated carbocycles. The maximum atomic E-state index is 13.3. The highest BCUT2D eigenvalue weighted by atomic mass is 32.1. The van der Waals surface area contributed by atoms with Gasteiger partial charge in [-0.15, -0.1) is 0 Å². The Labute approximate surface area is 166 Å². The zero-order valence-electron chi connectivity index (χ0n) is 15.2. The van der Waals surface area contributed by atoms with E-state index >= 15 is 0 Å². The molecule has 0 spiro atoms. The van der Waals surface area contributed by atoms with Crippen LogP contribution in [0, 0.1) is 5.82 Å². The summed E-state index contributed by atoms with van der Waals surface area (Å²) < 4.78 is 24.3. The van der Waals surface area contributed by atoms with Crippen LogP contribution in [0.1, 0.15) is 11.1 Å². The molecule has 144 valence electrons. The van der Waals surface area contributed by atoms with Gasteiger partial charge in [-0.2, -0.15) is 0 Å². The zero-order chi connectivity index (χ0) is 20.3. The fourth-order valence-corrected chi connectivity index (χ4v) is 2.77. The van der Waals surface area contributed by atoms with Gasteiger partial charge < -0.3 is 9.47 Å². The highest BCUT2D eigenvalue weighted by Crippen LogP contribution is 2.30. The van der Waals surface area contributed by atoms with Crippen molar-refractivity contribution in [1.29, 1.82) is 0 Å². The highest BCUT2D eigenvalue weighted by Gasteiger charge is 2.30. The minimum absolute atomic E-state index is 0.0356. The number of nitrogens with zero attached hydrogens (tertiary/aromatic N) is 1. The van der Waals surface area contributed by atoms with E-state index in [1.165, 1.54) is 37.3 Å². The van der Waals surface area contributed by atoms with Crippen LogP contribution in [0.5, 0.6) is 11.5 Å². The lowest BCUT2D eigenvalue weighted by molar-refractivity contribution is -0.128. The van der Waals surface area contributed by atoms with Gasteiger partial charge in [0.25, 0.3) is 11.8 Å². The van der Waals surface area contributed by atoms with Gasteiger partial charge >= 0.3 is 0 Å². The second kappa shape index (κ2) is 8.18. The number of halogens is 1. The molecule has 1 saturated heterocycles. The number of ether oxygens (including phenoxy) is 2. The van der Waals surface area contributed by atoms with Crippen molar-refractivity contribution in [3.63, 3.8) is 0 Å². The average Bonchev–Trinajstić information content (AvgIpc) is 2.68. The van der Waals surface area contributed by atoms with Crippen molar-refractivity contribution in [2.45, 2.75) is 6.61 Å². The van der Waals surface area contributed by atoms with E-state index < -0.39 is 11.8 Å². The van der Waals surface area contributed by atoms with Crippen LogP contribution < -0.4 is 14.8 Å². The van der Waals surface area contributed by atoms with E-state index in [2.05, 4.69) is 5.32 Å². The standard InChI is InChI=1S/C20H17FN2O4S/c1-23-19(25)15(18(24)22-20(23)28)9-12-6-7-16(17(10-12)26-2)27-11-13-4-3-5-14(21)8-13/h3-10H,11H2,1-2H3,(H,22,24,28)/b15-9+. The molecule has 0 aromatic heterocycles. The van der Waals surface area contributed by atoms with Crippen molar-refractivity contribution in [1.82, 2.24) is 10.2 Å². The number of nitrogens with one attached hydrogen (secondary N) is 1. The number of methoxy groups -OCH3 is 1. The van der Waals surface area contributed by atoms with Crippen LogP contribution in [0.15, 0.2) is 48.0 Å². The van der Waals surface area contributed by atoms with Gasteiger partial charge in [-0.3, -0.25) is 19.8 Å². The van der Waals surface area contributed by atoms with Crippen LogP contribution in [0.25, 0.3) is 6.08 Å². The predicted octanol–water partition coefficient (Wildman–Crippen LogP) is 2.67. The molecule has 1 heterocycles. The molecule has 1 N–H and O–H groups in total. The van der Waals surface area contributed by atoms with E-state index in [1.54, 1.807) is 30.3 Å². The largest absolute Gasteiger partial charge is 0.493 e. The van der Waals surface area contributed by atoms with Crippen molar-refractivity contribution in [3.8, 4) is 11.5 Å². The summed E-state index contributed by atoms with van der Waals surface area (Å²) >= 11 is 4.92. The van der Waals surface area contributed by atoms with Crippen LogP contribution in [-0.4, -0.2) is 36.0 Å². The molecule has 1 aliphatic heterocycles. The fraction of sp³-hybridized carbons (Fsp3) is 0.150. The van der Waals surface area contributed by atoms with Crippen molar-refractivity contribution in [2.75, 3.05) is 14.2 Å². The van der Waals surface area contributed by atoms with Gasteiger partial charge in [0.1, 0.15) is 18.0 Å². The third-order valence-corrected chi connectivity index (χ3v) is 4.46. The molecule has 8 heteroatoms. The van der Waals surface area contributed by atoms with E-state index in [0.29, 0.717) is 22.6 Å². The number of amides is 2. The van der Waals surface area contributed by atoms with E-state index in [0.717, 1.165) is 0 Å². The number of carbonyl (C=O) groups is 2. The first-order chi connectivity index (χ1) is 13.4. The second-order valence-electron chi connectivity index (χ2n) is 6.01. The Balaban J connectivity index is 1.82. The molecular weight excluding hydrogens is 383 g/mol. The number of thiocarbonyl (C=S) groups is 1. The maximum Gasteiger partial charge on any atom is 0.265 e. The quantitative estimate of drug-likeness (QED) is 0.475. The minimum Gasteiger partial charge on any atom is -0.493 e. The van der Waals surface area contributed by atoms with E-state index in [1.807, 2.05) is 0 Å². The molecule has 1 fully saturated rings. The molecular formula is C20H17FN2O4S. The number of likely N-dealkylation sites (N-methyl/N-ethyl adjacent to an activating group) is 1. The first-order valence-electron chi connectivity index (χ1n) is 8.29. The molecule has 2 aromatic carbocycles. The molecule has 28 heavy (non-hydrogen) atoms. The summed E-state index contributed by atoms with van der Waals surface area (Å²) in [6.07, 6.45) is 1.45. The summed E-state index contributed by atoms with van der Waals surface area (Å²) in [6, 6.07) is 11.1. The molecule has 0 unspecified atom stereocenters. The van der Waals surface area contributed by atoms with Gasteiger partial charge in [0, 0.05) is 7.05 Å². The van der Waals surface area contributed by atoms with Gasteiger partial charge in [0.2, 0.25) is 0 Å². The van der Waals surface area contributed by atoms with Crippen LogP contribution >= 0.6 is 12.2 Å². The molecule has 2 amide bonds.